The molecule has 0 radical (unpaired) electrons. The first-order valence-corrected chi connectivity index (χ1v) is 7.63. The molecule has 0 bridgehead atoms. The molecule has 0 atom stereocenters. The number of piperidine rings is 1. The molecule has 1 aromatic carbocycles. The summed E-state index contributed by atoms with van der Waals surface area (Å²) in [7, 11) is 0. The molecule has 2 heterocycles. The van der Waals surface area contributed by atoms with Gasteiger partial charge in [0.05, 0.1) is 6.10 Å². The number of aliphatic hydroxyl groups is 1. The van der Waals surface area contributed by atoms with E-state index in [1.54, 1.807) is 12.4 Å². The van der Waals surface area contributed by atoms with E-state index < -0.39 is 0 Å². The van der Waals surface area contributed by atoms with Gasteiger partial charge in [-0.3, -0.25) is 9.78 Å². The summed E-state index contributed by atoms with van der Waals surface area (Å²) >= 11 is 0. The molecule has 1 amide bonds. The Morgan fingerprint density at radius 2 is 1.86 bits per heavy atom. The van der Waals surface area contributed by atoms with Crippen LogP contribution in [0.5, 0.6) is 0 Å². The van der Waals surface area contributed by atoms with Crippen molar-refractivity contribution in [1.29, 1.82) is 0 Å². The van der Waals surface area contributed by atoms with Crippen LogP contribution in [0.15, 0.2) is 42.7 Å². The Morgan fingerprint density at radius 3 is 2.55 bits per heavy atom. The molecule has 4 heteroatoms. The van der Waals surface area contributed by atoms with Crippen molar-refractivity contribution in [2.75, 3.05) is 13.1 Å². The smallest absolute Gasteiger partial charge is 0.254 e. The number of aromatic nitrogens is 1. The number of pyridine rings is 1. The Balaban J connectivity index is 1.95. The Morgan fingerprint density at radius 1 is 1.18 bits per heavy atom. The van der Waals surface area contributed by atoms with E-state index in [0.717, 1.165) is 22.3 Å². The SMILES string of the molecule is Cc1ccc(-c2ccncc2)c(C(=O)N2CCC(O)CC2)c1. The predicted octanol–water partition coefficient (Wildman–Crippen LogP) is 2.65. The highest BCUT2D eigenvalue weighted by Gasteiger charge is 2.24. The van der Waals surface area contributed by atoms with E-state index in [0.29, 0.717) is 25.9 Å². The molecular formula is C18H20N2O2. The van der Waals surface area contributed by atoms with E-state index in [9.17, 15) is 9.90 Å². The maximum absolute atomic E-state index is 12.9. The number of benzene rings is 1. The Bertz CT molecular complexity index is 662. The van der Waals surface area contributed by atoms with E-state index in [4.69, 9.17) is 0 Å². The average molecular weight is 296 g/mol. The number of amides is 1. The molecule has 1 aliphatic heterocycles. The van der Waals surface area contributed by atoms with Crippen molar-refractivity contribution in [2.45, 2.75) is 25.9 Å². The minimum absolute atomic E-state index is 0.0439. The van der Waals surface area contributed by atoms with Crippen LogP contribution in [0.25, 0.3) is 11.1 Å². The first kappa shape index (κ1) is 14.7. The highest BCUT2D eigenvalue weighted by molar-refractivity contribution is 6.01. The van der Waals surface area contributed by atoms with Gasteiger partial charge in [0.25, 0.3) is 5.91 Å². The number of hydrogen-bond acceptors (Lipinski definition) is 3. The Kier molecular flexibility index (Phi) is 4.20. The summed E-state index contributed by atoms with van der Waals surface area (Å²) in [6, 6.07) is 9.80. The van der Waals surface area contributed by atoms with Crippen LogP contribution in [0.1, 0.15) is 28.8 Å². The van der Waals surface area contributed by atoms with Gasteiger partial charge in [-0.05, 0) is 49.1 Å². The molecule has 4 nitrogen and oxygen atoms in total. The summed E-state index contributed by atoms with van der Waals surface area (Å²) in [5, 5.41) is 9.61. The van der Waals surface area contributed by atoms with Gasteiger partial charge in [0.2, 0.25) is 0 Å². The molecule has 1 fully saturated rings. The minimum Gasteiger partial charge on any atom is -0.393 e. The third-order valence-electron chi connectivity index (χ3n) is 4.15. The maximum atomic E-state index is 12.9. The fourth-order valence-corrected chi connectivity index (χ4v) is 2.86. The zero-order valence-electron chi connectivity index (χ0n) is 12.7. The number of nitrogens with zero attached hydrogens (tertiary/aromatic N) is 2. The lowest BCUT2D eigenvalue weighted by Gasteiger charge is -2.30. The largest absolute Gasteiger partial charge is 0.393 e. The summed E-state index contributed by atoms with van der Waals surface area (Å²) in [6.07, 6.45) is 4.51. The highest BCUT2D eigenvalue weighted by atomic mass is 16.3. The van der Waals surface area contributed by atoms with Crippen molar-refractivity contribution in [3.8, 4) is 11.1 Å². The zero-order valence-corrected chi connectivity index (χ0v) is 12.7. The molecule has 3 rings (SSSR count). The monoisotopic (exact) mass is 296 g/mol. The van der Waals surface area contributed by atoms with Gasteiger partial charge in [-0.1, -0.05) is 17.7 Å². The van der Waals surface area contributed by atoms with Gasteiger partial charge in [-0.2, -0.15) is 0 Å². The van der Waals surface area contributed by atoms with Gasteiger partial charge < -0.3 is 10.0 Å². The van der Waals surface area contributed by atoms with E-state index in [1.165, 1.54) is 0 Å². The minimum atomic E-state index is -0.277. The molecule has 0 saturated carbocycles. The first-order valence-electron chi connectivity index (χ1n) is 7.63. The molecule has 22 heavy (non-hydrogen) atoms. The van der Waals surface area contributed by atoms with Crippen LogP contribution in [0.2, 0.25) is 0 Å². The van der Waals surface area contributed by atoms with Crippen LogP contribution < -0.4 is 0 Å². The first-order chi connectivity index (χ1) is 10.6. The topological polar surface area (TPSA) is 53.4 Å². The maximum Gasteiger partial charge on any atom is 0.254 e. The van der Waals surface area contributed by atoms with E-state index in [1.807, 2.05) is 42.2 Å². The quantitative estimate of drug-likeness (QED) is 0.927. The molecule has 1 aromatic heterocycles. The van der Waals surface area contributed by atoms with E-state index in [2.05, 4.69) is 4.98 Å². The van der Waals surface area contributed by atoms with Crippen LogP contribution in [-0.4, -0.2) is 40.1 Å². The van der Waals surface area contributed by atoms with Crippen molar-refractivity contribution in [3.05, 3.63) is 53.9 Å². The molecule has 0 spiro atoms. The fraction of sp³-hybridized carbons (Fsp3) is 0.333. The van der Waals surface area contributed by atoms with Crippen LogP contribution in [0, 0.1) is 6.92 Å². The van der Waals surface area contributed by atoms with Gasteiger partial charge in [0, 0.05) is 31.0 Å². The Hall–Kier alpha value is -2.20. The molecule has 1 aliphatic rings. The number of likely N-dealkylation sites (tertiary alicyclic amines) is 1. The lowest BCUT2D eigenvalue weighted by atomic mass is 9.96. The molecule has 0 unspecified atom stereocenters. The van der Waals surface area contributed by atoms with Gasteiger partial charge in [-0.15, -0.1) is 0 Å². The number of aryl methyl sites for hydroxylation is 1. The second-order valence-electron chi connectivity index (χ2n) is 5.81. The van der Waals surface area contributed by atoms with Crippen molar-refractivity contribution in [3.63, 3.8) is 0 Å². The van der Waals surface area contributed by atoms with Crippen LogP contribution >= 0.6 is 0 Å². The molecule has 0 aliphatic carbocycles. The van der Waals surface area contributed by atoms with Crippen molar-refractivity contribution >= 4 is 5.91 Å². The second kappa shape index (κ2) is 6.28. The number of carbonyl (C=O) groups is 1. The molecular weight excluding hydrogens is 276 g/mol. The van der Waals surface area contributed by atoms with E-state index >= 15 is 0 Å². The average Bonchev–Trinajstić information content (AvgIpc) is 2.55. The normalized spacial score (nSPS) is 15.8. The van der Waals surface area contributed by atoms with Crippen molar-refractivity contribution < 1.29 is 9.90 Å². The van der Waals surface area contributed by atoms with Crippen LogP contribution in [0.4, 0.5) is 0 Å². The lowest BCUT2D eigenvalue weighted by Crippen LogP contribution is -2.40. The number of carbonyl (C=O) groups excluding carboxylic acids is 1. The summed E-state index contributed by atoms with van der Waals surface area (Å²) in [5.41, 5.74) is 3.72. The molecule has 114 valence electrons. The number of hydrogen-bond donors (Lipinski definition) is 1. The standard InChI is InChI=1S/C18H20N2O2/c1-13-2-3-16(14-4-8-19-9-5-14)17(12-13)18(22)20-10-6-15(21)7-11-20/h2-5,8-9,12,15,21H,6-7,10-11H2,1H3. The number of rotatable bonds is 2. The summed E-state index contributed by atoms with van der Waals surface area (Å²) in [6.45, 7) is 3.22. The molecule has 1 saturated heterocycles. The van der Waals surface area contributed by atoms with Crippen LogP contribution in [-0.2, 0) is 0 Å². The molecule has 1 N–H and O–H groups in total. The third kappa shape index (κ3) is 3.02. The summed E-state index contributed by atoms with van der Waals surface area (Å²) < 4.78 is 0. The molecule has 2 aromatic rings. The zero-order chi connectivity index (χ0) is 15.5. The van der Waals surface area contributed by atoms with Gasteiger partial charge in [0.1, 0.15) is 0 Å². The number of aliphatic hydroxyl groups excluding tert-OH is 1. The highest BCUT2D eigenvalue weighted by Crippen LogP contribution is 2.26. The van der Waals surface area contributed by atoms with E-state index in [-0.39, 0.29) is 12.0 Å². The Labute approximate surface area is 130 Å². The van der Waals surface area contributed by atoms with Crippen molar-refractivity contribution in [1.82, 2.24) is 9.88 Å². The lowest BCUT2D eigenvalue weighted by molar-refractivity contribution is 0.0547. The fourth-order valence-electron chi connectivity index (χ4n) is 2.86. The van der Waals surface area contributed by atoms with Gasteiger partial charge >= 0.3 is 0 Å². The van der Waals surface area contributed by atoms with Gasteiger partial charge in [0.15, 0.2) is 0 Å². The third-order valence-corrected chi connectivity index (χ3v) is 4.15. The summed E-state index contributed by atoms with van der Waals surface area (Å²) in [5.74, 6) is 0.0439. The van der Waals surface area contributed by atoms with Crippen molar-refractivity contribution in [2.24, 2.45) is 0 Å². The summed E-state index contributed by atoms with van der Waals surface area (Å²) in [4.78, 5) is 18.8. The van der Waals surface area contributed by atoms with Crippen LogP contribution in [0.3, 0.4) is 0 Å². The predicted molar refractivity (Wildman–Crippen MR) is 85.6 cm³/mol. The van der Waals surface area contributed by atoms with Gasteiger partial charge in [-0.25, -0.2) is 0 Å². The second-order valence-corrected chi connectivity index (χ2v) is 5.81.